The van der Waals surface area contributed by atoms with Crippen molar-refractivity contribution < 1.29 is 0 Å². The van der Waals surface area contributed by atoms with Gasteiger partial charge in [0, 0.05) is 24.3 Å². The molecule has 0 amide bonds. The Morgan fingerprint density at radius 1 is 1.26 bits per heavy atom. The second-order valence-corrected chi connectivity index (χ2v) is 6.82. The van der Waals surface area contributed by atoms with Gasteiger partial charge in [0.05, 0.1) is 5.69 Å². The van der Waals surface area contributed by atoms with E-state index in [0.717, 1.165) is 24.7 Å². The van der Waals surface area contributed by atoms with Crippen LogP contribution in [0.25, 0.3) is 0 Å². The van der Waals surface area contributed by atoms with E-state index in [-0.39, 0.29) is 0 Å². The van der Waals surface area contributed by atoms with Crippen molar-refractivity contribution in [3.8, 4) is 0 Å². The minimum atomic E-state index is 0.555. The van der Waals surface area contributed by atoms with E-state index in [1.165, 1.54) is 43.4 Å². The molecule has 0 radical (unpaired) electrons. The molecule has 1 aromatic heterocycles. The summed E-state index contributed by atoms with van der Waals surface area (Å²) in [7, 11) is 0. The van der Waals surface area contributed by atoms with E-state index in [0.29, 0.717) is 5.41 Å². The van der Waals surface area contributed by atoms with Gasteiger partial charge in [0.25, 0.3) is 0 Å². The molecule has 0 unspecified atom stereocenters. The SMILES string of the molecule is Cc1n[nH]c(C)c1CNCC1(CC(C)C)CCCC1. The highest BCUT2D eigenvalue weighted by atomic mass is 15.1. The molecule has 3 nitrogen and oxygen atoms in total. The van der Waals surface area contributed by atoms with E-state index in [2.05, 4.69) is 43.2 Å². The van der Waals surface area contributed by atoms with Gasteiger partial charge in [-0.25, -0.2) is 0 Å². The van der Waals surface area contributed by atoms with Gasteiger partial charge in [-0.05, 0) is 44.4 Å². The molecule has 3 heteroatoms. The minimum absolute atomic E-state index is 0.555. The van der Waals surface area contributed by atoms with Gasteiger partial charge in [0.1, 0.15) is 0 Å². The van der Waals surface area contributed by atoms with E-state index < -0.39 is 0 Å². The summed E-state index contributed by atoms with van der Waals surface area (Å²) in [4.78, 5) is 0. The zero-order chi connectivity index (χ0) is 13.9. The number of aromatic amines is 1. The maximum Gasteiger partial charge on any atom is 0.0638 e. The molecule has 1 aromatic rings. The van der Waals surface area contributed by atoms with Crippen LogP contribution in [0.4, 0.5) is 0 Å². The molecule has 0 aromatic carbocycles. The van der Waals surface area contributed by atoms with E-state index in [1.54, 1.807) is 0 Å². The van der Waals surface area contributed by atoms with E-state index in [1.807, 2.05) is 0 Å². The molecule has 19 heavy (non-hydrogen) atoms. The van der Waals surface area contributed by atoms with Crippen LogP contribution in [0.3, 0.4) is 0 Å². The van der Waals surface area contributed by atoms with Crippen LogP contribution >= 0.6 is 0 Å². The first-order valence-corrected chi connectivity index (χ1v) is 7.74. The maximum absolute atomic E-state index is 4.27. The Labute approximate surface area is 117 Å². The molecule has 2 rings (SSSR count). The van der Waals surface area contributed by atoms with Crippen molar-refractivity contribution in [1.82, 2.24) is 15.5 Å². The lowest BCUT2D eigenvalue weighted by Gasteiger charge is -2.31. The summed E-state index contributed by atoms with van der Waals surface area (Å²) in [6.07, 6.45) is 7.00. The predicted molar refractivity (Wildman–Crippen MR) is 80.1 cm³/mol. The van der Waals surface area contributed by atoms with Gasteiger partial charge in [-0.2, -0.15) is 5.10 Å². The van der Waals surface area contributed by atoms with E-state index in [4.69, 9.17) is 0 Å². The molecule has 2 N–H and O–H groups in total. The molecule has 108 valence electrons. The average Bonchev–Trinajstić information content (AvgIpc) is 2.90. The van der Waals surface area contributed by atoms with Crippen LogP contribution in [0.15, 0.2) is 0 Å². The Hall–Kier alpha value is -0.830. The molecular formula is C16H29N3. The van der Waals surface area contributed by atoms with Crippen molar-refractivity contribution in [3.05, 3.63) is 17.0 Å². The number of rotatable bonds is 6. The lowest BCUT2D eigenvalue weighted by molar-refractivity contribution is 0.223. The summed E-state index contributed by atoms with van der Waals surface area (Å²) in [6.45, 7) is 11.0. The number of nitrogens with one attached hydrogen (secondary N) is 2. The number of H-pyrrole nitrogens is 1. The highest BCUT2D eigenvalue weighted by molar-refractivity contribution is 5.22. The summed E-state index contributed by atoms with van der Waals surface area (Å²) < 4.78 is 0. The van der Waals surface area contributed by atoms with Gasteiger partial charge in [0.2, 0.25) is 0 Å². The minimum Gasteiger partial charge on any atom is -0.312 e. The van der Waals surface area contributed by atoms with Crippen LogP contribution in [-0.4, -0.2) is 16.7 Å². The molecule has 0 saturated heterocycles. The van der Waals surface area contributed by atoms with Crippen LogP contribution < -0.4 is 5.32 Å². The van der Waals surface area contributed by atoms with E-state index in [9.17, 15) is 0 Å². The molecule has 1 saturated carbocycles. The van der Waals surface area contributed by atoms with Gasteiger partial charge in [-0.15, -0.1) is 0 Å². The zero-order valence-corrected chi connectivity index (χ0v) is 13.0. The number of aromatic nitrogens is 2. The average molecular weight is 263 g/mol. The first-order valence-electron chi connectivity index (χ1n) is 7.74. The molecule has 0 bridgehead atoms. The fourth-order valence-corrected chi connectivity index (χ4v) is 3.73. The molecular weight excluding hydrogens is 234 g/mol. The summed E-state index contributed by atoms with van der Waals surface area (Å²) >= 11 is 0. The number of aryl methyl sites for hydroxylation is 2. The first-order chi connectivity index (χ1) is 9.02. The Morgan fingerprint density at radius 3 is 2.47 bits per heavy atom. The van der Waals surface area contributed by atoms with Gasteiger partial charge in [-0.1, -0.05) is 26.7 Å². The number of nitrogens with zero attached hydrogens (tertiary/aromatic N) is 1. The molecule has 0 aliphatic heterocycles. The largest absolute Gasteiger partial charge is 0.312 e. The Balaban J connectivity index is 1.89. The van der Waals surface area contributed by atoms with Crippen molar-refractivity contribution >= 4 is 0 Å². The van der Waals surface area contributed by atoms with Gasteiger partial charge in [-0.3, -0.25) is 5.10 Å². The van der Waals surface area contributed by atoms with Crippen molar-refractivity contribution in [1.29, 1.82) is 0 Å². The Kier molecular flexibility index (Phi) is 4.67. The van der Waals surface area contributed by atoms with Crippen molar-refractivity contribution in [2.75, 3.05) is 6.54 Å². The summed E-state index contributed by atoms with van der Waals surface area (Å²) in [5.74, 6) is 0.803. The fourth-order valence-electron chi connectivity index (χ4n) is 3.73. The Bertz CT molecular complexity index is 381. The second-order valence-electron chi connectivity index (χ2n) is 6.82. The number of hydrogen-bond donors (Lipinski definition) is 2. The molecule has 1 aliphatic carbocycles. The zero-order valence-electron chi connectivity index (χ0n) is 13.0. The monoisotopic (exact) mass is 263 g/mol. The lowest BCUT2D eigenvalue weighted by Crippen LogP contribution is -2.33. The second kappa shape index (κ2) is 6.08. The standard InChI is InChI=1S/C16H29N3/c1-12(2)9-16(7-5-6-8-16)11-17-10-15-13(3)18-19-14(15)4/h12,17H,5-11H2,1-4H3,(H,18,19). The predicted octanol–water partition coefficient (Wildman–Crippen LogP) is 3.72. The summed E-state index contributed by atoms with van der Waals surface area (Å²) in [5.41, 5.74) is 4.24. The van der Waals surface area contributed by atoms with Crippen LogP contribution in [0.2, 0.25) is 0 Å². The molecule has 1 aliphatic rings. The smallest absolute Gasteiger partial charge is 0.0638 e. The van der Waals surface area contributed by atoms with Crippen LogP contribution in [-0.2, 0) is 6.54 Å². The van der Waals surface area contributed by atoms with Crippen molar-refractivity contribution in [2.24, 2.45) is 11.3 Å². The highest BCUT2D eigenvalue weighted by Crippen LogP contribution is 2.42. The Morgan fingerprint density at radius 2 is 1.95 bits per heavy atom. The lowest BCUT2D eigenvalue weighted by atomic mass is 9.78. The third-order valence-corrected chi connectivity index (χ3v) is 4.59. The summed E-state index contributed by atoms with van der Waals surface area (Å²) in [6, 6.07) is 0. The summed E-state index contributed by atoms with van der Waals surface area (Å²) in [5, 5.41) is 11.0. The fraction of sp³-hybridized carbons (Fsp3) is 0.812. The number of hydrogen-bond acceptors (Lipinski definition) is 2. The highest BCUT2D eigenvalue weighted by Gasteiger charge is 2.33. The third kappa shape index (κ3) is 3.59. The quantitative estimate of drug-likeness (QED) is 0.821. The first kappa shape index (κ1) is 14.6. The molecule has 1 fully saturated rings. The normalized spacial score (nSPS) is 18.4. The third-order valence-electron chi connectivity index (χ3n) is 4.59. The topological polar surface area (TPSA) is 40.7 Å². The molecule has 0 atom stereocenters. The van der Waals surface area contributed by atoms with Crippen molar-refractivity contribution in [2.45, 2.75) is 66.3 Å². The molecule has 0 spiro atoms. The maximum atomic E-state index is 4.27. The van der Waals surface area contributed by atoms with Gasteiger partial charge in [0.15, 0.2) is 0 Å². The van der Waals surface area contributed by atoms with Crippen LogP contribution in [0, 0.1) is 25.2 Å². The van der Waals surface area contributed by atoms with Crippen LogP contribution in [0.1, 0.15) is 62.9 Å². The van der Waals surface area contributed by atoms with Crippen LogP contribution in [0.5, 0.6) is 0 Å². The van der Waals surface area contributed by atoms with Gasteiger partial charge < -0.3 is 5.32 Å². The molecule has 1 heterocycles. The van der Waals surface area contributed by atoms with Gasteiger partial charge >= 0.3 is 0 Å². The van der Waals surface area contributed by atoms with E-state index >= 15 is 0 Å². The van der Waals surface area contributed by atoms with Crippen molar-refractivity contribution in [3.63, 3.8) is 0 Å².